The first-order chi connectivity index (χ1) is 14.2. The first kappa shape index (κ1) is 21.6. The van der Waals surface area contributed by atoms with Crippen molar-refractivity contribution in [1.82, 2.24) is 15.2 Å². The molecule has 1 aromatic heterocycles. The van der Waals surface area contributed by atoms with Gasteiger partial charge < -0.3 is 15.1 Å². The molecule has 6 nitrogen and oxygen atoms in total. The molecule has 0 bridgehead atoms. The van der Waals surface area contributed by atoms with Crippen LogP contribution in [-0.2, 0) is 17.5 Å². The number of rotatable bonds is 4. The molecular formula is C21H23F3N4O2. The Balaban J connectivity index is 1.60. The summed E-state index contributed by atoms with van der Waals surface area (Å²) in [5.41, 5.74) is 0.680. The van der Waals surface area contributed by atoms with E-state index < -0.39 is 11.7 Å². The van der Waals surface area contributed by atoms with E-state index in [1.807, 2.05) is 4.90 Å². The molecule has 1 saturated heterocycles. The minimum absolute atomic E-state index is 0.0942. The van der Waals surface area contributed by atoms with Crippen molar-refractivity contribution in [3.05, 3.63) is 59.3 Å². The Labute approximate surface area is 172 Å². The predicted octanol–water partition coefficient (Wildman–Crippen LogP) is 3.09. The molecule has 160 valence electrons. The van der Waals surface area contributed by atoms with Crippen LogP contribution in [0, 0.1) is 0 Å². The molecule has 1 aliphatic heterocycles. The molecule has 0 unspecified atom stereocenters. The van der Waals surface area contributed by atoms with E-state index in [1.54, 1.807) is 29.2 Å². The van der Waals surface area contributed by atoms with Crippen molar-refractivity contribution in [2.75, 3.05) is 31.1 Å². The lowest BCUT2D eigenvalue weighted by Crippen LogP contribution is -2.35. The molecule has 2 amide bonds. The highest BCUT2D eigenvalue weighted by Crippen LogP contribution is 2.29. The van der Waals surface area contributed by atoms with Gasteiger partial charge in [0.25, 0.3) is 5.91 Å². The zero-order valence-corrected chi connectivity index (χ0v) is 16.6. The van der Waals surface area contributed by atoms with Gasteiger partial charge in [0.05, 0.1) is 5.56 Å². The number of aromatic nitrogens is 1. The van der Waals surface area contributed by atoms with E-state index >= 15 is 0 Å². The summed E-state index contributed by atoms with van der Waals surface area (Å²) in [6.07, 6.45) is -2.88. The van der Waals surface area contributed by atoms with Gasteiger partial charge in [0.1, 0.15) is 5.82 Å². The fourth-order valence-electron chi connectivity index (χ4n) is 3.26. The Morgan fingerprint density at radius 1 is 1.03 bits per heavy atom. The number of alkyl halides is 3. The Bertz CT molecular complexity index is 883. The molecule has 9 heteroatoms. The summed E-state index contributed by atoms with van der Waals surface area (Å²) >= 11 is 0. The zero-order chi connectivity index (χ0) is 21.7. The third-order valence-electron chi connectivity index (χ3n) is 4.92. The molecule has 0 atom stereocenters. The Morgan fingerprint density at radius 3 is 2.37 bits per heavy atom. The lowest BCUT2D eigenvalue weighted by atomic mass is 10.1. The van der Waals surface area contributed by atoms with E-state index in [0.717, 1.165) is 17.8 Å². The zero-order valence-electron chi connectivity index (χ0n) is 16.6. The number of carbonyl (C=O) groups is 2. The summed E-state index contributed by atoms with van der Waals surface area (Å²) in [5, 5.41) is 2.71. The number of nitrogens with one attached hydrogen (secondary N) is 1. The van der Waals surface area contributed by atoms with E-state index in [2.05, 4.69) is 10.3 Å². The third kappa shape index (κ3) is 5.49. The number of nitrogens with zero attached hydrogens (tertiary/aromatic N) is 3. The monoisotopic (exact) mass is 420 g/mol. The van der Waals surface area contributed by atoms with Gasteiger partial charge in [-0.3, -0.25) is 9.59 Å². The van der Waals surface area contributed by atoms with Gasteiger partial charge in [-0.1, -0.05) is 12.1 Å². The van der Waals surface area contributed by atoms with Gasteiger partial charge in [-0.15, -0.1) is 0 Å². The quantitative estimate of drug-likeness (QED) is 0.826. The van der Waals surface area contributed by atoms with Gasteiger partial charge >= 0.3 is 6.18 Å². The number of anilines is 1. The Morgan fingerprint density at radius 2 is 1.77 bits per heavy atom. The average Bonchev–Trinajstić information content (AvgIpc) is 2.98. The maximum atomic E-state index is 12.8. The standard InChI is InChI=1S/C21H23F3N4O2/c1-15(29)25-13-16-3-5-17(6-4-16)20(30)28-10-2-9-27(11-12-28)19-8-7-18(14-26-19)21(22,23)24/h3-8,14H,2,9-13H2,1H3,(H,25,29). The second kappa shape index (κ2) is 9.15. The van der Waals surface area contributed by atoms with Crippen LogP contribution in [0.1, 0.15) is 34.8 Å². The van der Waals surface area contributed by atoms with Gasteiger partial charge in [-0.05, 0) is 36.2 Å². The topological polar surface area (TPSA) is 65.5 Å². The maximum Gasteiger partial charge on any atom is 0.417 e. The van der Waals surface area contributed by atoms with Gasteiger partial charge in [0.2, 0.25) is 5.91 Å². The number of halogens is 3. The SMILES string of the molecule is CC(=O)NCc1ccc(C(=O)N2CCCN(c3ccc(C(F)(F)F)cn3)CC2)cc1. The van der Waals surface area contributed by atoms with Gasteiger partial charge in [-0.2, -0.15) is 13.2 Å². The van der Waals surface area contributed by atoms with Crippen molar-refractivity contribution in [3.8, 4) is 0 Å². The molecule has 1 N–H and O–H groups in total. The molecule has 0 saturated carbocycles. The number of pyridine rings is 1. The van der Waals surface area contributed by atoms with Gasteiger partial charge in [-0.25, -0.2) is 4.98 Å². The minimum atomic E-state index is -4.41. The highest BCUT2D eigenvalue weighted by atomic mass is 19.4. The van der Waals surface area contributed by atoms with Gasteiger partial charge in [0.15, 0.2) is 0 Å². The molecule has 0 spiro atoms. The summed E-state index contributed by atoms with van der Waals surface area (Å²) in [4.78, 5) is 31.4. The lowest BCUT2D eigenvalue weighted by Gasteiger charge is -2.23. The number of hydrogen-bond donors (Lipinski definition) is 1. The Kier molecular flexibility index (Phi) is 6.59. The molecule has 3 rings (SSSR count). The second-order valence-corrected chi connectivity index (χ2v) is 7.14. The molecule has 0 aliphatic carbocycles. The minimum Gasteiger partial charge on any atom is -0.355 e. The molecule has 2 heterocycles. The highest BCUT2D eigenvalue weighted by Gasteiger charge is 2.31. The van der Waals surface area contributed by atoms with Crippen LogP contribution >= 0.6 is 0 Å². The van der Waals surface area contributed by atoms with Crippen molar-refractivity contribution < 1.29 is 22.8 Å². The normalized spacial score (nSPS) is 14.9. The van der Waals surface area contributed by atoms with Gasteiger partial charge in [0, 0.05) is 51.4 Å². The van der Waals surface area contributed by atoms with Crippen LogP contribution in [0.2, 0.25) is 0 Å². The average molecular weight is 420 g/mol. The number of benzene rings is 1. The molecule has 30 heavy (non-hydrogen) atoms. The van der Waals surface area contributed by atoms with Crippen molar-refractivity contribution in [2.45, 2.75) is 26.1 Å². The molecule has 1 aromatic carbocycles. The molecule has 0 radical (unpaired) electrons. The fourth-order valence-corrected chi connectivity index (χ4v) is 3.26. The number of amides is 2. The second-order valence-electron chi connectivity index (χ2n) is 7.14. The highest BCUT2D eigenvalue weighted by molar-refractivity contribution is 5.94. The van der Waals surface area contributed by atoms with E-state index in [-0.39, 0.29) is 11.8 Å². The van der Waals surface area contributed by atoms with E-state index in [0.29, 0.717) is 50.5 Å². The first-order valence-corrected chi connectivity index (χ1v) is 9.65. The number of carbonyl (C=O) groups excluding carboxylic acids is 2. The fraction of sp³-hybridized carbons (Fsp3) is 0.381. The van der Waals surface area contributed by atoms with Crippen molar-refractivity contribution in [1.29, 1.82) is 0 Å². The van der Waals surface area contributed by atoms with Crippen LogP contribution in [0.3, 0.4) is 0 Å². The van der Waals surface area contributed by atoms with E-state index in [4.69, 9.17) is 0 Å². The summed E-state index contributed by atoms with van der Waals surface area (Å²) in [5.74, 6) is 0.259. The summed E-state index contributed by atoms with van der Waals surface area (Å²) in [6, 6.07) is 9.48. The molecule has 1 aliphatic rings. The summed E-state index contributed by atoms with van der Waals surface area (Å²) in [6.45, 7) is 3.96. The Hall–Kier alpha value is -3.10. The van der Waals surface area contributed by atoms with Crippen molar-refractivity contribution in [3.63, 3.8) is 0 Å². The lowest BCUT2D eigenvalue weighted by molar-refractivity contribution is -0.137. The smallest absolute Gasteiger partial charge is 0.355 e. The van der Waals surface area contributed by atoms with Crippen LogP contribution in [-0.4, -0.2) is 47.9 Å². The van der Waals surface area contributed by atoms with Crippen LogP contribution in [0.25, 0.3) is 0 Å². The summed E-state index contributed by atoms with van der Waals surface area (Å²) < 4.78 is 38.1. The van der Waals surface area contributed by atoms with Crippen LogP contribution < -0.4 is 10.2 Å². The molecule has 2 aromatic rings. The van der Waals surface area contributed by atoms with Crippen LogP contribution in [0.4, 0.5) is 19.0 Å². The first-order valence-electron chi connectivity index (χ1n) is 9.65. The maximum absolute atomic E-state index is 12.8. The van der Waals surface area contributed by atoms with Crippen LogP contribution in [0.5, 0.6) is 0 Å². The summed E-state index contributed by atoms with van der Waals surface area (Å²) in [7, 11) is 0. The largest absolute Gasteiger partial charge is 0.417 e. The van der Waals surface area contributed by atoms with Crippen molar-refractivity contribution >= 4 is 17.6 Å². The van der Waals surface area contributed by atoms with E-state index in [1.165, 1.54) is 13.0 Å². The number of hydrogen-bond acceptors (Lipinski definition) is 4. The molecular weight excluding hydrogens is 397 g/mol. The van der Waals surface area contributed by atoms with Crippen LogP contribution in [0.15, 0.2) is 42.6 Å². The van der Waals surface area contributed by atoms with E-state index in [9.17, 15) is 22.8 Å². The third-order valence-corrected chi connectivity index (χ3v) is 4.92. The predicted molar refractivity (Wildman–Crippen MR) is 106 cm³/mol. The van der Waals surface area contributed by atoms with Crippen molar-refractivity contribution in [2.24, 2.45) is 0 Å². The molecule has 1 fully saturated rings.